The molecule has 0 bridgehead atoms. The zero-order chi connectivity index (χ0) is 25.3. The van der Waals surface area contributed by atoms with Crippen molar-refractivity contribution in [1.82, 2.24) is 0 Å². The van der Waals surface area contributed by atoms with Gasteiger partial charge in [0.25, 0.3) is 0 Å². The summed E-state index contributed by atoms with van der Waals surface area (Å²) in [5.74, 6) is -0.0800. The van der Waals surface area contributed by atoms with Crippen LogP contribution in [-0.4, -0.2) is 32.5 Å². The summed E-state index contributed by atoms with van der Waals surface area (Å²) >= 11 is 1.72. The van der Waals surface area contributed by atoms with E-state index in [1.807, 2.05) is 0 Å². The van der Waals surface area contributed by atoms with E-state index in [2.05, 4.69) is 20.8 Å². The third-order valence-electron chi connectivity index (χ3n) is 5.58. The van der Waals surface area contributed by atoms with Crippen molar-refractivity contribution in [2.75, 3.05) is 5.75 Å². The minimum atomic E-state index is -1.13. The summed E-state index contributed by atoms with van der Waals surface area (Å²) in [6.07, 6.45) is 0.576. The second-order valence-electron chi connectivity index (χ2n) is 9.43. The zero-order valence-electron chi connectivity index (χ0n) is 19.8. The number of carboxylic acids is 1. The largest absolute Gasteiger partial charge is 0.508 e. The third kappa shape index (κ3) is 5.57. The molecule has 2 aromatic carbocycles. The smallest absolute Gasteiger partial charge is 0.336 e. The number of ketones is 1. The van der Waals surface area contributed by atoms with Crippen LogP contribution in [0.25, 0.3) is 33.4 Å². The van der Waals surface area contributed by atoms with Gasteiger partial charge < -0.3 is 14.6 Å². The molecule has 7 heteroatoms. The number of hydrogen-bond acceptors (Lipinski definition) is 6. The van der Waals surface area contributed by atoms with Gasteiger partial charge in [0.1, 0.15) is 22.9 Å². The molecule has 2 aliphatic rings. The van der Waals surface area contributed by atoms with Crippen molar-refractivity contribution >= 4 is 34.5 Å². The molecule has 1 aliphatic heterocycles. The molecule has 1 heterocycles. The Hall–Kier alpha value is -3.58. The number of rotatable bonds is 7. The van der Waals surface area contributed by atoms with Crippen molar-refractivity contribution in [2.24, 2.45) is 0 Å². The molecule has 0 unspecified atom stereocenters. The molecule has 0 saturated heterocycles. The summed E-state index contributed by atoms with van der Waals surface area (Å²) in [6.45, 7) is 6.30. The minimum Gasteiger partial charge on any atom is -0.508 e. The maximum absolute atomic E-state index is 12.5. The first-order chi connectivity index (χ1) is 16.5. The van der Waals surface area contributed by atoms with Crippen LogP contribution in [0.5, 0.6) is 5.75 Å². The van der Waals surface area contributed by atoms with E-state index in [0.717, 1.165) is 0 Å². The Morgan fingerprint density at radius 1 is 0.971 bits per heavy atom. The molecule has 1 aliphatic carbocycles. The molecule has 6 nitrogen and oxygen atoms in total. The number of aromatic carboxylic acids is 1. The van der Waals surface area contributed by atoms with Crippen LogP contribution in [0.2, 0.25) is 0 Å². The first-order valence-corrected chi connectivity index (χ1v) is 12.2. The Bertz CT molecular complexity index is 1460. The van der Waals surface area contributed by atoms with Gasteiger partial charge in [0.2, 0.25) is 0 Å². The lowest BCUT2D eigenvalue weighted by molar-refractivity contribution is -0.118. The molecule has 0 aromatic heterocycles. The lowest BCUT2D eigenvalue weighted by Gasteiger charge is -2.18. The van der Waals surface area contributed by atoms with Gasteiger partial charge in [0, 0.05) is 52.0 Å². The molecule has 2 N–H and O–H groups in total. The molecule has 2 aromatic rings. The number of hydrogen-bond donors (Lipinski definition) is 2. The van der Waals surface area contributed by atoms with E-state index in [0.29, 0.717) is 45.4 Å². The number of Topliss-reactive ketones (excluding diaryl/α,β-unsaturated/α-hetero) is 1. The monoisotopic (exact) mass is 490 g/mol. The fourth-order valence-corrected chi connectivity index (χ4v) is 4.97. The van der Waals surface area contributed by atoms with Gasteiger partial charge in [0.05, 0.1) is 5.56 Å². The topological polar surface area (TPSA) is 105 Å². The molecule has 35 heavy (non-hydrogen) atoms. The van der Waals surface area contributed by atoms with Gasteiger partial charge in [0.15, 0.2) is 5.43 Å². The van der Waals surface area contributed by atoms with Crippen LogP contribution in [0, 0.1) is 0 Å². The Kier molecular flexibility index (Phi) is 6.72. The van der Waals surface area contributed by atoms with Crippen LogP contribution in [0.3, 0.4) is 0 Å². The van der Waals surface area contributed by atoms with Crippen molar-refractivity contribution in [1.29, 1.82) is 0 Å². The molecular weight excluding hydrogens is 464 g/mol. The number of carboxylic acid groups (broad SMARTS) is 1. The summed E-state index contributed by atoms with van der Waals surface area (Å²) in [5.41, 5.74) is 2.35. The van der Waals surface area contributed by atoms with E-state index in [4.69, 9.17) is 4.42 Å². The molecule has 0 radical (unpaired) electrons. The average molecular weight is 491 g/mol. The third-order valence-corrected chi connectivity index (χ3v) is 6.85. The molecule has 0 saturated carbocycles. The Morgan fingerprint density at radius 3 is 2.43 bits per heavy atom. The van der Waals surface area contributed by atoms with Gasteiger partial charge in [-0.1, -0.05) is 32.9 Å². The second kappa shape index (κ2) is 9.58. The SMILES string of the molecule is CC(C)(C)SCCC(=O)Cc1ccc(-c2c3ccc(=O)cc-3oc3cc(O)ccc23)c(C(=O)O)c1. The number of carbonyl (C=O) groups excluding carboxylic acids is 1. The fourth-order valence-electron chi connectivity index (χ4n) is 4.03. The van der Waals surface area contributed by atoms with Gasteiger partial charge in [-0.15, -0.1) is 0 Å². The highest BCUT2D eigenvalue weighted by atomic mass is 32.2. The summed E-state index contributed by atoms with van der Waals surface area (Å²) in [7, 11) is 0. The average Bonchev–Trinajstić information content (AvgIpc) is 2.76. The normalized spacial score (nSPS) is 11.7. The van der Waals surface area contributed by atoms with Gasteiger partial charge in [-0.05, 0) is 41.5 Å². The number of benzene rings is 3. The van der Waals surface area contributed by atoms with Crippen LogP contribution in [0.1, 0.15) is 43.1 Å². The van der Waals surface area contributed by atoms with Crippen LogP contribution < -0.4 is 5.43 Å². The Labute approximate surface area is 206 Å². The number of fused-ring (bicyclic) bond motifs is 2. The van der Waals surface area contributed by atoms with E-state index >= 15 is 0 Å². The van der Waals surface area contributed by atoms with Gasteiger partial charge in [-0.3, -0.25) is 9.59 Å². The van der Waals surface area contributed by atoms with E-state index in [-0.39, 0.29) is 39.5 Å². The van der Waals surface area contributed by atoms with Gasteiger partial charge in [-0.25, -0.2) is 4.79 Å². The number of aromatic hydroxyl groups is 1. The fraction of sp³-hybridized carbons (Fsp3) is 0.250. The first kappa shape index (κ1) is 24.5. The van der Waals surface area contributed by atoms with E-state index in [1.54, 1.807) is 36.0 Å². The predicted molar refractivity (Wildman–Crippen MR) is 139 cm³/mol. The van der Waals surface area contributed by atoms with Gasteiger partial charge >= 0.3 is 5.97 Å². The maximum Gasteiger partial charge on any atom is 0.336 e. The standard InChI is InChI=1S/C28H26O6S/c1-28(2,3)35-11-10-19(31)12-16-4-7-20(23(13-16)27(32)33)26-21-8-5-17(29)14-24(21)34-25-15-18(30)6-9-22(25)26/h4-9,13-15,29H,10-12H2,1-3H3,(H,32,33). The Balaban J connectivity index is 1.79. The van der Waals surface area contributed by atoms with Crippen LogP contribution in [-0.2, 0) is 11.2 Å². The lowest BCUT2D eigenvalue weighted by atomic mass is 9.89. The first-order valence-electron chi connectivity index (χ1n) is 11.2. The predicted octanol–water partition coefficient (Wildman–Crippen LogP) is 6.00. The van der Waals surface area contributed by atoms with Crippen molar-refractivity contribution in [3.8, 4) is 28.2 Å². The number of thioether (sulfide) groups is 1. The molecule has 180 valence electrons. The highest BCUT2D eigenvalue weighted by molar-refractivity contribution is 8.00. The van der Waals surface area contributed by atoms with Crippen LogP contribution >= 0.6 is 11.8 Å². The second-order valence-corrected chi connectivity index (χ2v) is 11.3. The Morgan fingerprint density at radius 2 is 1.71 bits per heavy atom. The van der Waals surface area contributed by atoms with E-state index in [1.165, 1.54) is 30.3 Å². The molecular formula is C28H26O6S. The van der Waals surface area contributed by atoms with Crippen molar-refractivity contribution in [2.45, 2.75) is 38.4 Å². The van der Waals surface area contributed by atoms with E-state index < -0.39 is 5.97 Å². The number of phenols is 1. The maximum atomic E-state index is 12.5. The molecule has 4 rings (SSSR count). The highest BCUT2D eigenvalue weighted by Crippen LogP contribution is 2.42. The van der Waals surface area contributed by atoms with Crippen molar-refractivity contribution < 1.29 is 24.2 Å². The molecule has 0 atom stereocenters. The molecule has 0 spiro atoms. The summed E-state index contributed by atoms with van der Waals surface area (Å²) < 4.78 is 5.93. The van der Waals surface area contributed by atoms with Crippen molar-refractivity contribution in [3.63, 3.8) is 0 Å². The number of carbonyl (C=O) groups is 2. The van der Waals surface area contributed by atoms with Crippen molar-refractivity contribution in [3.05, 3.63) is 75.9 Å². The minimum absolute atomic E-state index is 0.0122. The zero-order valence-corrected chi connectivity index (χ0v) is 20.6. The quantitative estimate of drug-likeness (QED) is 0.306. The summed E-state index contributed by atoms with van der Waals surface area (Å²) in [5, 5.41) is 20.6. The number of phenolic OH excluding ortho intramolecular Hbond substituents is 1. The van der Waals surface area contributed by atoms with Gasteiger partial charge in [-0.2, -0.15) is 11.8 Å². The van der Waals surface area contributed by atoms with Crippen LogP contribution in [0.15, 0.2) is 63.8 Å². The molecule has 0 fully saturated rings. The summed E-state index contributed by atoms with van der Waals surface area (Å²) in [4.78, 5) is 36.8. The lowest BCUT2D eigenvalue weighted by Crippen LogP contribution is -2.11. The van der Waals surface area contributed by atoms with Crippen LogP contribution in [0.4, 0.5) is 0 Å². The van der Waals surface area contributed by atoms with E-state index in [9.17, 15) is 24.6 Å². The summed E-state index contributed by atoms with van der Waals surface area (Å²) in [6, 6.07) is 13.9. The highest BCUT2D eigenvalue weighted by Gasteiger charge is 2.22. The molecule has 0 amide bonds.